The van der Waals surface area contributed by atoms with Crippen LogP contribution in [0.15, 0.2) is 30.5 Å². The van der Waals surface area contributed by atoms with Crippen molar-refractivity contribution in [2.75, 3.05) is 18.0 Å². The lowest BCUT2D eigenvalue weighted by Gasteiger charge is -2.31. The van der Waals surface area contributed by atoms with Gasteiger partial charge in [0, 0.05) is 24.2 Å². The van der Waals surface area contributed by atoms with Crippen LogP contribution < -0.4 is 10.6 Å². The summed E-state index contributed by atoms with van der Waals surface area (Å²) in [6, 6.07) is 8.05. The Morgan fingerprint density at radius 2 is 2.05 bits per heavy atom. The van der Waals surface area contributed by atoms with Gasteiger partial charge in [0.05, 0.1) is 0 Å². The van der Waals surface area contributed by atoms with Gasteiger partial charge in [0.15, 0.2) is 0 Å². The van der Waals surface area contributed by atoms with E-state index in [-0.39, 0.29) is 0 Å². The van der Waals surface area contributed by atoms with Crippen molar-refractivity contribution in [2.45, 2.75) is 38.1 Å². The number of nitrogens with zero attached hydrogens (tertiary/aromatic N) is 2. The van der Waals surface area contributed by atoms with Gasteiger partial charge in [0.1, 0.15) is 11.6 Å². The number of rotatable bonds is 5. The number of aromatic hydroxyl groups is 1. The topological polar surface area (TPSA) is 62.4 Å². The molecular formula is C17H23N3O. The standard InChI is InChI=1S/C17H23N3O/c18-9-3-11-20(14-4-1-2-5-14)17-16-12-15(21)7-6-13(16)8-10-19-17/h6-8,10,12,14,21H,1-5,9,11,18H2. The van der Waals surface area contributed by atoms with Crippen LogP contribution in [-0.4, -0.2) is 29.2 Å². The van der Waals surface area contributed by atoms with E-state index in [0.29, 0.717) is 18.3 Å². The second-order valence-electron chi connectivity index (χ2n) is 5.81. The molecule has 0 spiro atoms. The minimum absolute atomic E-state index is 0.293. The molecule has 4 heteroatoms. The molecule has 1 aromatic carbocycles. The number of pyridine rings is 1. The minimum Gasteiger partial charge on any atom is -0.508 e. The predicted octanol–water partition coefficient (Wildman–Crippen LogP) is 3.04. The van der Waals surface area contributed by atoms with Gasteiger partial charge >= 0.3 is 0 Å². The highest BCUT2D eigenvalue weighted by Crippen LogP contribution is 2.33. The van der Waals surface area contributed by atoms with Gasteiger partial charge in [-0.15, -0.1) is 0 Å². The average Bonchev–Trinajstić information content (AvgIpc) is 3.02. The largest absolute Gasteiger partial charge is 0.508 e. The van der Waals surface area contributed by atoms with Crippen LogP contribution in [0, 0.1) is 0 Å². The number of anilines is 1. The van der Waals surface area contributed by atoms with Crippen LogP contribution in [0.1, 0.15) is 32.1 Å². The van der Waals surface area contributed by atoms with E-state index in [1.54, 1.807) is 6.07 Å². The van der Waals surface area contributed by atoms with Crippen molar-refractivity contribution in [3.8, 4) is 5.75 Å². The van der Waals surface area contributed by atoms with Gasteiger partial charge in [0.25, 0.3) is 0 Å². The summed E-state index contributed by atoms with van der Waals surface area (Å²) < 4.78 is 0. The Morgan fingerprint density at radius 3 is 2.81 bits per heavy atom. The zero-order valence-corrected chi connectivity index (χ0v) is 12.3. The second kappa shape index (κ2) is 6.31. The molecule has 2 aromatic rings. The van der Waals surface area contributed by atoms with Gasteiger partial charge in [-0.05, 0) is 49.4 Å². The molecule has 0 atom stereocenters. The zero-order valence-electron chi connectivity index (χ0n) is 12.3. The molecule has 21 heavy (non-hydrogen) atoms. The maximum atomic E-state index is 9.81. The Labute approximate surface area is 125 Å². The van der Waals surface area contributed by atoms with Crippen LogP contribution >= 0.6 is 0 Å². The summed E-state index contributed by atoms with van der Waals surface area (Å²) in [5.41, 5.74) is 5.70. The van der Waals surface area contributed by atoms with Crippen molar-refractivity contribution in [1.29, 1.82) is 0 Å². The molecule has 112 valence electrons. The normalized spacial score (nSPS) is 15.7. The molecule has 3 rings (SSSR count). The van der Waals surface area contributed by atoms with Crippen LogP contribution in [0.3, 0.4) is 0 Å². The molecule has 0 radical (unpaired) electrons. The van der Waals surface area contributed by atoms with Gasteiger partial charge in [-0.2, -0.15) is 0 Å². The van der Waals surface area contributed by atoms with E-state index < -0.39 is 0 Å². The predicted molar refractivity (Wildman–Crippen MR) is 86.7 cm³/mol. The Hall–Kier alpha value is -1.81. The van der Waals surface area contributed by atoms with E-state index in [1.165, 1.54) is 25.7 Å². The average molecular weight is 285 g/mol. The molecule has 0 aliphatic heterocycles. The number of fused-ring (bicyclic) bond motifs is 1. The lowest BCUT2D eigenvalue weighted by Crippen LogP contribution is -2.35. The molecule has 3 N–H and O–H groups in total. The molecule has 1 fully saturated rings. The third-order valence-electron chi connectivity index (χ3n) is 4.37. The summed E-state index contributed by atoms with van der Waals surface area (Å²) in [6.07, 6.45) is 7.86. The molecule has 1 aliphatic rings. The van der Waals surface area contributed by atoms with Gasteiger partial charge in [0.2, 0.25) is 0 Å². The van der Waals surface area contributed by atoms with Gasteiger partial charge < -0.3 is 15.7 Å². The molecule has 0 unspecified atom stereocenters. The van der Waals surface area contributed by atoms with Crippen LogP contribution in [0.4, 0.5) is 5.82 Å². The summed E-state index contributed by atoms with van der Waals surface area (Å²) in [7, 11) is 0. The Bertz CT molecular complexity index is 608. The van der Waals surface area contributed by atoms with Gasteiger partial charge in [-0.1, -0.05) is 18.9 Å². The van der Waals surface area contributed by atoms with Crippen LogP contribution in [0.25, 0.3) is 10.8 Å². The smallest absolute Gasteiger partial charge is 0.136 e. The fraction of sp³-hybridized carbons (Fsp3) is 0.471. The molecule has 0 amide bonds. The van der Waals surface area contributed by atoms with Gasteiger partial charge in [-0.3, -0.25) is 0 Å². The van der Waals surface area contributed by atoms with Crippen LogP contribution in [-0.2, 0) is 0 Å². The summed E-state index contributed by atoms with van der Waals surface area (Å²) in [5.74, 6) is 1.28. The number of benzene rings is 1. The molecule has 1 heterocycles. The number of nitrogens with two attached hydrogens (primary N) is 1. The quantitative estimate of drug-likeness (QED) is 0.886. The lowest BCUT2D eigenvalue weighted by atomic mass is 10.1. The summed E-state index contributed by atoms with van der Waals surface area (Å²) >= 11 is 0. The van der Waals surface area contributed by atoms with Crippen molar-refractivity contribution in [3.05, 3.63) is 30.5 Å². The van der Waals surface area contributed by atoms with Crippen LogP contribution in [0.2, 0.25) is 0 Å². The highest BCUT2D eigenvalue weighted by molar-refractivity contribution is 5.93. The molecule has 1 aliphatic carbocycles. The molecule has 1 aromatic heterocycles. The number of hydrogen-bond donors (Lipinski definition) is 2. The monoisotopic (exact) mass is 285 g/mol. The van der Waals surface area contributed by atoms with Crippen molar-refractivity contribution in [2.24, 2.45) is 5.73 Å². The number of hydrogen-bond acceptors (Lipinski definition) is 4. The first-order valence-corrected chi connectivity index (χ1v) is 7.84. The highest BCUT2D eigenvalue weighted by Gasteiger charge is 2.24. The fourth-order valence-corrected chi connectivity index (χ4v) is 3.31. The lowest BCUT2D eigenvalue weighted by molar-refractivity contribution is 0.476. The van der Waals surface area contributed by atoms with E-state index in [1.807, 2.05) is 24.4 Å². The Balaban J connectivity index is 2.02. The zero-order chi connectivity index (χ0) is 14.7. The van der Waals surface area contributed by atoms with Gasteiger partial charge in [-0.25, -0.2) is 4.98 Å². The Morgan fingerprint density at radius 1 is 1.24 bits per heavy atom. The fourth-order valence-electron chi connectivity index (χ4n) is 3.31. The van der Waals surface area contributed by atoms with E-state index in [4.69, 9.17) is 5.73 Å². The summed E-state index contributed by atoms with van der Waals surface area (Å²) in [5, 5.41) is 12.0. The van der Waals surface area contributed by atoms with Crippen molar-refractivity contribution >= 4 is 16.6 Å². The molecule has 4 nitrogen and oxygen atoms in total. The minimum atomic E-state index is 0.293. The van der Waals surface area contributed by atoms with E-state index in [2.05, 4.69) is 9.88 Å². The summed E-state index contributed by atoms with van der Waals surface area (Å²) in [4.78, 5) is 7.02. The second-order valence-corrected chi connectivity index (χ2v) is 5.81. The first-order valence-electron chi connectivity index (χ1n) is 7.84. The number of phenols is 1. The van der Waals surface area contributed by atoms with E-state index in [0.717, 1.165) is 29.6 Å². The van der Waals surface area contributed by atoms with Crippen molar-refractivity contribution < 1.29 is 5.11 Å². The third kappa shape index (κ3) is 2.95. The first kappa shape index (κ1) is 14.1. The molecule has 0 saturated heterocycles. The maximum absolute atomic E-state index is 9.81. The number of phenolic OH excluding ortho intramolecular Hbond substituents is 1. The number of aromatic nitrogens is 1. The SMILES string of the molecule is NCCCN(c1nccc2ccc(O)cc12)C1CCCC1. The summed E-state index contributed by atoms with van der Waals surface area (Å²) in [6.45, 7) is 1.63. The Kier molecular flexibility index (Phi) is 4.25. The third-order valence-corrected chi connectivity index (χ3v) is 4.37. The first-order chi connectivity index (χ1) is 10.3. The molecule has 0 bridgehead atoms. The highest BCUT2D eigenvalue weighted by atomic mass is 16.3. The van der Waals surface area contributed by atoms with Crippen molar-refractivity contribution in [1.82, 2.24) is 4.98 Å². The van der Waals surface area contributed by atoms with E-state index in [9.17, 15) is 5.11 Å². The molecular weight excluding hydrogens is 262 g/mol. The van der Waals surface area contributed by atoms with Crippen LogP contribution in [0.5, 0.6) is 5.75 Å². The van der Waals surface area contributed by atoms with E-state index >= 15 is 0 Å². The van der Waals surface area contributed by atoms with Crippen molar-refractivity contribution in [3.63, 3.8) is 0 Å². The molecule has 1 saturated carbocycles. The maximum Gasteiger partial charge on any atom is 0.136 e.